The molecule has 0 atom stereocenters. The van der Waals surface area contributed by atoms with E-state index in [2.05, 4.69) is 17.2 Å². The van der Waals surface area contributed by atoms with Crippen molar-refractivity contribution in [2.45, 2.75) is 32.7 Å². The third-order valence-corrected chi connectivity index (χ3v) is 3.02. The zero-order valence-electron chi connectivity index (χ0n) is 10.4. The molecule has 1 aromatic rings. The van der Waals surface area contributed by atoms with E-state index in [-0.39, 0.29) is 5.97 Å². The lowest BCUT2D eigenvalue weighted by atomic mass is 10.0. The predicted octanol–water partition coefficient (Wildman–Crippen LogP) is 1.47. The zero-order chi connectivity index (χ0) is 12.3. The SMILES string of the molecule is CCCc1nc2c(cc1C(=O)OC)CNCC2. The lowest BCUT2D eigenvalue weighted by Crippen LogP contribution is -2.26. The molecule has 0 fully saturated rings. The average molecular weight is 234 g/mol. The summed E-state index contributed by atoms with van der Waals surface area (Å²) in [5, 5.41) is 3.28. The number of pyridine rings is 1. The molecule has 0 bridgehead atoms. The van der Waals surface area contributed by atoms with Gasteiger partial charge in [-0.05, 0) is 18.1 Å². The highest BCUT2D eigenvalue weighted by Crippen LogP contribution is 2.18. The third-order valence-electron chi connectivity index (χ3n) is 3.02. The second kappa shape index (κ2) is 5.27. The van der Waals surface area contributed by atoms with Crippen molar-refractivity contribution < 1.29 is 9.53 Å². The fraction of sp³-hybridized carbons (Fsp3) is 0.538. The van der Waals surface area contributed by atoms with Crippen molar-refractivity contribution in [3.05, 3.63) is 28.6 Å². The van der Waals surface area contributed by atoms with Gasteiger partial charge >= 0.3 is 5.97 Å². The van der Waals surface area contributed by atoms with Crippen LogP contribution in [0.25, 0.3) is 0 Å². The summed E-state index contributed by atoms with van der Waals surface area (Å²) in [5.41, 5.74) is 3.74. The van der Waals surface area contributed by atoms with Crippen LogP contribution in [0.15, 0.2) is 6.07 Å². The summed E-state index contributed by atoms with van der Waals surface area (Å²) >= 11 is 0. The van der Waals surface area contributed by atoms with Gasteiger partial charge in [0, 0.05) is 25.2 Å². The van der Waals surface area contributed by atoms with Crippen molar-refractivity contribution in [1.29, 1.82) is 0 Å². The molecule has 1 aliphatic heterocycles. The number of fused-ring (bicyclic) bond motifs is 1. The van der Waals surface area contributed by atoms with Crippen molar-refractivity contribution in [1.82, 2.24) is 10.3 Å². The molecule has 0 saturated heterocycles. The van der Waals surface area contributed by atoms with E-state index >= 15 is 0 Å². The quantitative estimate of drug-likeness (QED) is 0.805. The van der Waals surface area contributed by atoms with Crippen LogP contribution in [-0.4, -0.2) is 24.6 Å². The number of nitrogens with zero attached hydrogens (tertiary/aromatic N) is 1. The first-order chi connectivity index (χ1) is 8.26. The van der Waals surface area contributed by atoms with E-state index in [4.69, 9.17) is 4.74 Å². The standard InChI is InChI=1S/C13H18N2O2/c1-3-4-12-10(13(16)17-2)7-9-8-14-6-5-11(9)15-12/h7,14H,3-6,8H2,1-2H3. The predicted molar refractivity (Wildman–Crippen MR) is 65.0 cm³/mol. The fourth-order valence-corrected chi connectivity index (χ4v) is 2.15. The molecular formula is C13H18N2O2. The molecule has 0 aliphatic carbocycles. The summed E-state index contributed by atoms with van der Waals surface area (Å²) in [6.45, 7) is 3.84. The Morgan fingerprint density at radius 2 is 2.41 bits per heavy atom. The first-order valence-electron chi connectivity index (χ1n) is 6.07. The molecule has 2 heterocycles. The van der Waals surface area contributed by atoms with E-state index in [0.717, 1.165) is 49.3 Å². The molecular weight excluding hydrogens is 216 g/mol. The van der Waals surface area contributed by atoms with Gasteiger partial charge in [-0.3, -0.25) is 4.98 Å². The van der Waals surface area contributed by atoms with Crippen LogP contribution in [0.1, 0.15) is 40.7 Å². The van der Waals surface area contributed by atoms with Crippen LogP contribution in [-0.2, 0) is 24.1 Å². The van der Waals surface area contributed by atoms with Gasteiger partial charge in [-0.15, -0.1) is 0 Å². The smallest absolute Gasteiger partial charge is 0.339 e. The number of aryl methyl sites for hydroxylation is 1. The molecule has 0 unspecified atom stereocenters. The second-order valence-electron chi connectivity index (χ2n) is 4.26. The Hall–Kier alpha value is -1.42. The number of hydrogen-bond acceptors (Lipinski definition) is 4. The Balaban J connectivity index is 2.44. The summed E-state index contributed by atoms with van der Waals surface area (Å²) in [7, 11) is 1.41. The van der Waals surface area contributed by atoms with Crippen LogP contribution in [0, 0.1) is 0 Å². The lowest BCUT2D eigenvalue weighted by Gasteiger charge is -2.18. The summed E-state index contributed by atoms with van der Waals surface area (Å²) in [5.74, 6) is -0.283. The molecule has 4 heteroatoms. The normalized spacial score (nSPS) is 14.2. The molecule has 0 saturated carbocycles. The van der Waals surface area contributed by atoms with Gasteiger partial charge in [-0.2, -0.15) is 0 Å². The average Bonchev–Trinajstić information content (AvgIpc) is 2.37. The van der Waals surface area contributed by atoms with Crippen molar-refractivity contribution in [3.63, 3.8) is 0 Å². The van der Waals surface area contributed by atoms with Crippen molar-refractivity contribution >= 4 is 5.97 Å². The fourth-order valence-electron chi connectivity index (χ4n) is 2.15. The molecule has 0 radical (unpaired) electrons. The monoisotopic (exact) mass is 234 g/mol. The van der Waals surface area contributed by atoms with Gasteiger partial charge in [0.05, 0.1) is 18.4 Å². The number of carbonyl (C=O) groups is 1. The summed E-state index contributed by atoms with van der Waals surface area (Å²) < 4.78 is 4.81. The maximum Gasteiger partial charge on any atom is 0.339 e. The highest BCUT2D eigenvalue weighted by Gasteiger charge is 2.18. The van der Waals surface area contributed by atoms with E-state index in [9.17, 15) is 4.79 Å². The Kier molecular flexibility index (Phi) is 3.74. The summed E-state index contributed by atoms with van der Waals surface area (Å²) in [6, 6.07) is 1.94. The molecule has 2 rings (SSSR count). The molecule has 1 N–H and O–H groups in total. The van der Waals surface area contributed by atoms with Crippen LogP contribution >= 0.6 is 0 Å². The van der Waals surface area contributed by atoms with Crippen LogP contribution in [0.5, 0.6) is 0 Å². The van der Waals surface area contributed by atoms with E-state index < -0.39 is 0 Å². The maximum atomic E-state index is 11.7. The van der Waals surface area contributed by atoms with E-state index in [0.29, 0.717) is 5.56 Å². The largest absolute Gasteiger partial charge is 0.465 e. The summed E-state index contributed by atoms with van der Waals surface area (Å²) in [6.07, 6.45) is 2.74. The number of carbonyl (C=O) groups excluding carboxylic acids is 1. The van der Waals surface area contributed by atoms with Gasteiger partial charge in [0.1, 0.15) is 0 Å². The highest BCUT2D eigenvalue weighted by molar-refractivity contribution is 5.90. The Labute approximate surface area is 101 Å². The molecule has 17 heavy (non-hydrogen) atoms. The van der Waals surface area contributed by atoms with Crippen molar-refractivity contribution in [2.75, 3.05) is 13.7 Å². The van der Waals surface area contributed by atoms with Crippen LogP contribution < -0.4 is 5.32 Å². The number of aromatic nitrogens is 1. The minimum atomic E-state index is -0.283. The Morgan fingerprint density at radius 3 is 3.12 bits per heavy atom. The Bertz CT molecular complexity index is 430. The maximum absolute atomic E-state index is 11.7. The van der Waals surface area contributed by atoms with Gasteiger partial charge < -0.3 is 10.1 Å². The summed E-state index contributed by atoms with van der Waals surface area (Å²) in [4.78, 5) is 16.3. The molecule has 4 nitrogen and oxygen atoms in total. The van der Waals surface area contributed by atoms with Gasteiger partial charge in [0.25, 0.3) is 0 Å². The first-order valence-corrected chi connectivity index (χ1v) is 6.07. The molecule has 0 amide bonds. The molecule has 1 aromatic heterocycles. The number of rotatable bonds is 3. The van der Waals surface area contributed by atoms with Crippen LogP contribution in [0.2, 0.25) is 0 Å². The number of ether oxygens (including phenoxy) is 1. The van der Waals surface area contributed by atoms with Crippen molar-refractivity contribution in [2.24, 2.45) is 0 Å². The minimum absolute atomic E-state index is 0.283. The van der Waals surface area contributed by atoms with Crippen LogP contribution in [0.3, 0.4) is 0 Å². The third kappa shape index (κ3) is 2.47. The molecule has 1 aliphatic rings. The number of methoxy groups -OCH3 is 1. The van der Waals surface area contributed by atoms with Gasteiger partial charge in [0.2, 0.25) is 0 Å². The first kappa shape index (κ1) is 12.0. The lowest BCUT2D eigenvalue weighted by molar-refractivity contribution is 0.0598. The molecule has 0 aromatic carbocycles. The number of esters is 1. The van der Waals surface area contributed by atoms with Gasteiger partial charge in [-0.1, -0.05) is 13.3 Å². The van der Waals surface area contributed by atoms with E-state index in [1.807, 2.05) is 6.07 Å². The van der Waals surface area contributed by atoms with Crippen LogP contribution in [0.4, 0.5) is 0 Å². The molecule has 0 spiro atoms. The van der Waals surface area contributed by atoms with E-state index in [1.54, 1.807) is 0 Å². The molecule has 92 valence electrons. The topological polar surface area (TPSA) is 51.2 Å². The minimum Gasteiger partial charge on any atom is -0.465 e. The van der Waals surface area contributed by atoms with Crippen molar-refractivity contribution in [3.8, 4) is 0 Å². The zero-order valence-corrected chi connectivity index (χ0v) is 10.4. The Morgan fingerprint density at radius 1 is 1.59 bits per heavy atom. The number of hydrogen-bond donors (Lipinski definition) is 1. The number of nitrogens with one attached hydrogen (secondary N) is 1. The van der Waals surface area contributed by atoms with Gasteiger partial charge in [-0.25, -0.2) is 4.79 Å². The highest BCUT2D eigenvalue weighted by atomic mass is 16.5. The van der Waals surface area contributed by atoms with Gasteiger partial charge in [0.15, 0.2) is 0 Å². The second-order valence-corrected chi connectivity index (χ2v) is 4.26. The van der Waals surface area contributed by atoms with E-state index in [1.165, 1.54) is 7.11 Å².